The Morgan fingerprint density at radius 1 is 1.38 bits per heavy atom. The second kappa shape index (κ2) is 6.59. The molecular formula is C17H24O3S. The molecule has 0 saturated carbocycles. The summed E-state index contributed by atoms with van der Waals surface area (Å²) >= 11 is 2.02. The van der Waals surface area contributed by atoms with Gasteiger partial charge in [0.2, 0.25) is 0 Å². The SMILES string of the molecule is Cc1ccc(OC2CCOC3(CCSCC3)C2)c(CO)c1. The van der Waals surface area contributed by atoms with Gasteiger partial charge in [-0.15, -0.1) is 0 Å². The van der Waals surface area contributed by atoms with E-state index in [-0.39, 0.29) is 18.3 Å². The van der Waals surface area contributed by atoms with Gasteiger partial charge in [0.25, 0.3) is 0 Å². The van der Waals surface area contributed by atoms with Crippen LogP contribution in [0.5, 0.6) is 5.75 Å². The smallest absolute Gasteiger partial charge is 0.125 e. The van der Waals surface area contributed by atoms with Crippen molar-refractivity contribution >= 4 is 11.8 Å². The van der Waals surface area contributed by atoms with E-state index in [1.807, 2.05) is 36.9 Å². The fourth-order valence-electron chi connectivity index (χ4n) is 3.30. The Labute approximate surface area is 131 Å². The van der Waals surface area contributed by atoms with Gasteiger partial charge in [-0.2, -0.15) is 11.8 Å². The van der Waals surface area contributed by atoms with Crippen molar-refractivity contribution in [3.63, 3.8) is 0 Å². The monoisotopic (exact) mass is 308 g/mol. The minimum atomic E-state index is 0.0298. The first kappa shape index (κ1) is 15.2. The number of hydrogen-bond donors (Lipinski definition) is 1. The molecule has 1 spiro atoms. The van der Waals surface area contributed by atoms with E-state index < -0.39 is 0 Å². The van der Waals surface area contributed by atoms with Crippen LogP contribution < -0.4 is 4.74 Å². The molecule has 2 aliphatic heterocycles. The number of aliphatic hydroxyl groups is 1. The maximum atomic E-state index is 9.51. The summed E-state index contributed by atoms with van der Waals surface area (Å²) in [6.07, 6.45) is 4.39. The highest BCUT2D eigenvalue weighted by molar-refractivity contribution is 7.99. The molecule has 0 amide bonds. The summed E-state index contributed by atoms with van der Waals surface area (Å²) in [5, 5.41) is 9.51. The van der Waals surface area contributed by atoms with Crippen LogP contribution in [0.3, 0.4) is 0 Å². The predicted molar refractivity (Wildman–Crippen MR) is 86.0 cm³/mol. The van der Waals surface area contributed by atoms with Gasteiger partial charge in [0.05, 0.1) is 18.8 Å². The van der Waals surface area contributed by atoms with Gasteiger partial charge in [0.1, 0.15) is 11.9 Å². The van der Waals surface area contributed by atoms with Crippen LogP contribution in [-0.4, -0.2) is 34.9 Å². The van der Waals surface area contributed by atoms with Crippen LogP contribution in [0.25, 0.3) is 0 Å². The van der Waals surface area contributed by atoms with E-state index in [0.29, 0.717) is 0 Å². The molecule has 1 N–H and O–H groups in total. The number of thioether (sulfide) groups is 1. The van der Waals surface area contributed by atoms with Crippen molar-refractivity contribution in [2.24, 2.45) is 0 Å². The van der Waals surface area contributed by atoms with Gasteiger partial charge in [-0.05, 0) is 37.3 Å². The molecule has 2 fully saturated rings. The predicted octanol–water partition coefficient (Wildman–Crippen LogP) is 3.31. The average Bonchev–Trinajstić information content (AvgIpc) is 2.50. The minimum Gasteiger partial charge on any atom is -0.490 e. The van der Waals surface area contributed by atoms with Crippen LogP contribution >= 0.6 is 11.8 Å². The van der Waals surface area contributed by atoms with Gasteiger partial charge in [-0.25, -0.2) is 0 Å². The van der Waals surface area contributed by atoms with E-state index in [4.69, 9.17) is 9.47 Å². The van der Waals surface area contributed by atoms with Crippen molar-refractivity contribution in [3.05, 3.63) is 29.3 Å². The second-order valence-corrected chi connectivity index (χ2v) is 7.37. The molecular weight excluding hydrogens is 284 g/mol. The fraction of sp³-hybridized carbons (Fsp3) is 0.647. The average molecular weight is 308 g/mol. The van der Waals surface area contributed by atoms with Crippen molar-refractivity contribution in [2.45, 2.75) is 50.9 Å². The zero-order valence-electron chi connectivity index (χ0n) is 12.6. The van der Waals surface area contributed by atoms with Crippen molar-refractivity contribution < 1.29 is 14.6 Å². The zero-order chi connectivity index (χ0) is 14.7. The first-order chi connectivity index (χ1) is 10.2. The van der Waals surface area contributed by atoms with Gasteiger partial charge < -0.3 is 14.6 Å². The van der Waals surface area contributed by atoms with E-state index in [0.717, 1.165) is 49.2 Å². The summed E-state index contributed by atoms with van der Waals surface area (Å²) in [4.78, 5) is 0. The Balaban J connectivity index is 1.70. The molecule has 3 nitrogen and oxygen atoms in total. The normalized spacial score (nSPS) is 25.0. The van der Waals surface area contributed by atoms with Gasteiger partial charge in [-0.1, -0.05) is 17.7 Å². The molecule has 1 unspecified atom stereocenters. The Kier molecular flexibility index (Phi) is 4.77. The molecule has 116 valence electrons. The number of hydrogen-bond acceptors (Lipinski definition) is 4. The number of aliphatic hydroxyl groups excluding tert-OH is 1. The maximum absolute atomic E-state index is 9.51. The third kappa shape index (κ3) is 3.55. The summed E-state index contributed by atoms with van der Waals surface area (Å²) < 4.78 is 12.3. The van der Waals surface area contributed by atoms with Crippen molar-refractivity contribution in [1.82, 2.24) is 0 Å². The van der Waals surface area contributed by atoms with Crippen LogP contribution in [-0.2, 0) is 11.3 Å². The van der Waals surface area contributed by atoms with Crippen LogP contribution in [0.4, 0.5) is 0 Å². The fourth-order valence-corrected chi connectivity index (χ4v) is 4.54. The number of benzene rings is 1. The van der Waals surface area contributed by atoms with E-state index in [9.17, 15) is 5.11 Å². The van der Waals surface area contributed by atoms with Crippen LogP contribution in [0.1, 0.15) is 36.8 Å². The molecule has 0 bridgehead atoms. The highest BCUT2D eigenvalue weighted by Gasteiger charge is 2.39. The highest BCUT2D eigenvalue weighted by atomic mass is 32.2. The van der Waals surface area contributed by atoms with Gasteiger partial charge >= 0.3 is 0 Å². The minimum absolute atomic E-state index is 0.0298. The van der Waals surface area contributed by atoms with E-state index in [2.05, 4.69) is 0 Å². The highest BCUT2D eigenvalue weighted by Crippen LogP contribution is 2.39. The summed E-state index contributed by atoms with van der Waals surface area (Å²) in [6, 6.07) is 6.03. The molecule has 21 heavy (non-hydrogen) atoms. The van der Waals surface area contributed by atoms with Gasteiger partial charge in [0, 0.05) is 18.4 Å². The van der Waals surface area contributed by atoms with Crippen LogP contribution in [0, 0.1) is 6.92 Å². The first-order valence-electron chi connectivity index (χ1n) is 7.79. The Morgan fingerprint density at radius 3 is 2.95 bits per heavy atom. The Hall–Kier alpha value is -0.710. The Morgan fingerprint density at radius 2 is 2.19 bits per heavy atom. The Bertz CT molecular complexity index is 477. The molecule has 1 atom stereocenters. The third-order valence-electron chi connectivity index (χ3n) is 4.53. The molecule has 4 heteroatoms. The maximum Gasteiger partial charge on any atom is 0.125 e. The van der Waals surface area contributed by atoms with Crippen molar-refractivity contribution in [3.8, 4) is 5.75 Å². The molecule has 2 saturated heterocycles. The lowest BCUT2D eigenvalue weighted by Crippen LogP contribution is -2.46. The number of ether oxygens (including phenoxy) is 2. The lowest BCUT2D eigenvalue weighted by Gasteiger charge is -2.43. The molecule has 2 heterocycles. The molecule has 0 radical (unpaired) electrons. The lowest BCUT2D eigenvalue weighted by atomic mass is 9.86. The molecule has 1 aromatic carbocycles. The lowest BCUT2D eigenvalue weighted by molar-refractivity contribution is -0.116. The molecule has 0 aliphatic carbocycles. The zero-order valence-corrected chi connectivity index (χ0v) is 13.5. The topological polar surface area (TPSA) is 38.7 Å². The third-order valence-corrected chi connectivity index (χ3v) is 5.52. The van der Waals surface area contributed by atoms with E-state index in [1.54, 1.807) is 0 Å². The summed E-state index contributed by atoms with van der Waals surface area (Å²) in [6.45, 7) is 2.85. The molecule has 3 rings (SSSR count). The first-order valence-corrected chi connectivity index (χ1v) is 8.95. The number of rotatable bonds is 3. The van der Waals surface area contributed by atoms with Gasteiger partial charge in [-0.3, -0.25) is 0 Å². The largest absolute Gasteiger partial charge is 0.490 e. The molecule has 0 aromatic heterocycles. The second-order valence-electron chi connectivity index (χ2n) is 6.15. The number of aryl methyl sites for hydroxylation is 1. The molecule has 1 aromatic rings. The molecule has 2 aliphatic rings. The summed E-state index contributed by atoms with van der Waals surface area (Å²) in [7, 11) is 0. The summed E-state index contributed by atoms with van der Waals surface area (Å²) in [5.41, 5.74) is 2.08. The van der Waals surface area contributed by atoms with E-state index >= 15 is 0 Å². The van der Waals surface area contributed by atoms with Crippen LogP contribution in [0.15, 0.2) is 18.2 Å². The van der Waals surface area contributed by atoms with Crippen molar-refractivity contribution in [2.75, 3.05) is 18.1 Å². The van der Waals surface area contributed by atoms with Gasteiger partial charge in [0.15, 0.2) is 0 Å². The quantitative estimate of drug-likeness (QED) is 0.930. The summed E-state index contributed by atoms with van der Waals surface area (Å²) in [5.74, 6) is 3.22. The van der Waals surface area contributed by atoms with E-state index in [1.165, 1.54) is 11.5 Å². The standard InChI is InChI=1S/C17H24O3S/c1-13-2-3-16(14(10-13)12-18)20-15-4-7-19-17(11-15)5-8-21-9-6-17/h2-3,10,15,18H,4-9,11-12H2,1H3. The van der Waals surface area contributed by atoms with Crippen LogP contribution in [0.2, 0.25) is 0 Å². The van der Waals surface area contributed by atoms with Crippen molar-refractivity contribution in [1.29, 1.82) is 0 Å².